The average Bonchev–Trinajstić information content (AvgIpc) is 3.08. The maximum absolute atomic E-state index is 13.5. The van der Waals surface area contributed by atoms with Crippen LogP contribution >= 0.6 is 11.6 Å². The molecule has 1 heterocycles. The molecular formula is C23H21ClO4. The summed E-state index contributed by atoms with van der Waals surface area (Å²) in [5, 5.41) is 0.857. The molecule has 1 aliphatic rings. The lowest BCUT2D eigenvalue weighted by molar-refractivity contribution is 0.0974. The first-order valence-electron chi connectivity index (χ1n) is 9.43. The molecule has 0 amide bonds. The minimum Gasteiger partial charge on any atom is -0.490 e. The lowest BCUT2D eigenvalue weighted by Crippen LogP contribution is -2.23. The molecule has 0 radical (unpaired) electrons. The van der Waals surface area contributed by atoms with E-state index in [0.29, 0.717) is 45.9 Å². The summed E-state index contributed by atoms with van der Waals surface area (Å²) in [6, 6.07) is 8.89. The summed E-state index contributed by atoms with van der Waals surface area (Å²) in [6.07, 6.45) is 1.36. The van der Waals surface area contributed by atoms with E-state index in [0.717, 1.165) is 23.1 Å². The van der Waals surface area contributed by atoms with Crippen LogP contribution in [0.15, 0.2) is 34.7 Å². The van der Waals surface area contributed by atoms with E-state index in [2.05, 4.69) is 0 Å². The van der Waals surface area contributed by atoms with E-state index < -0.39 is 0 Å². The maximum Gasteiger partial charge on any atom is 0.202 e. The number of carbonyl (C=O) groups is 2. The predicted molar refractivity (Wildman–Crippen MR) is 109 cm³/mol. The molecular weight excluding hydrogens is 376 g/mol. The van der Waals surface area contributed by atoms with E-state index in [1.165, 1.54) is 0 Å². The number of furan rings is 1. The third-order valence-electron chi connectivity index (χ3n) is 4.95. The number of carbonyl (C=O) groups excluding carboxylic acids is 2. The van der Waals surface area contributed by atoms with Crippen molar-refractivity contribution in [3.63, 3.8) is 0 Å². The van der Waals surface area contributed by atoms with Crippen molar-refractivity contribution in [1.82, 2.24) is 0 Å². The number of fused-ring (bicyclic) bond motifs is 4. The van der Waals surface area contributed by atoms with Crippen molar-refractivity contribution in [2.24, 2.45) is 0 Å². The quantitative estimate of drug-likeness (QED) is 0.419. The molecule has 0 unspecified atom stereocenters. The summed E-state index contributed by atoms with van der Waals surface area (Å²) in [7, 11) is 0. The van der Waals surface area contributed by atoms with E-state index in [4.69, 9.17) is 20.8 Å². The Bertz CT molecular complexity index is 1110. The fourth-order valence-electron chi connectivity index (χ4n) is 3.75. The van der Waals surface area contributed by atoms with Crippen LogP contribution in [0.3, 0.4) is 0 Å². The Labute approximate surface area is 168 Å². The minimum absolute atomic E-state index is 0.111. The molecule has 0 aliphatic heterocycles. The Morgan fingerprint density at radius 1 is 1.07 bits per heavy atom. The van der Waals surface area contributed by atoms with Crippen LogP contribution in [0.4, 0.5) is 0 Å². The lowest BCUT2D eigenvalue weighted by atomic mass is 9.82. The van der Waals surface area contributed by atoms with Gasteiger partial charge in [0.2, 0.25) is 5.78 Å². The van der Waals surface area contributed by atoms with Gasteiger partial charge in [0, 0.05) is 28.8 Å². The number of rotatable bonds is 5. The second kappa shape index (κ2) is 7.10. The number of ketones is 2. The van der Waals surface area contributed by atoms with Gasteiger partial charge in [0.05, 0.1) is 17.2 Å². The van der Waals surface area contributed by atoms with Crippen molar-refractivity contribution in [1.29, 1.82) is 0 Å². The van der Waals surface area contributed by atoms with Gasteiger partial charge in [0.25, 0.3) is 0 Å². The highest BCUT2D eigenvalue weighted by molar-refractivity contribution is 6.32. The van der Waals surface area contributed by atoms with E-state index in [-0.39, 0.29) is 17.7 Å². The molecule has 0 saturated carbocycles. The molecule has 1 aliphatic carbocycles. The molecule has 5 heteroatoms. The maximum atomic E-state index is 13.5. The molecule has 0 N–H and O–H groups in total. The van der Waals surface area contributed by atoms with Gasteiger partial charge >= 0.3 is 0 Å². The molecule has 4 nitrogen and oxygen atoms in total. The Morgan fingerprint density at radius 2 is 1.86 bits per heavy atom. The normalized spacial score (nSPS) is 13.2. The average molecular weight is 397 g/mol. The monoisotopic (exact) mass is 396 g/mol. The summed E-state index contributed by atoms with van der Waals surface area (Å²) < 4.78 is 11.9. The summed E-state index contributed by atoms with van der Waals surface area (Å²) in [6.45, 7) is 5.70. The molecule has 4 rings (SSSR count). The third-order valence-corrected chi connectivity index (χ3v) is 5.22. The Hall–Kier alpha value is -2.59. The van der Waals surface area contributed by atoms with E-state index in [1.54, 1.807) is 24.3 Å². The molecule has 28 heavy (non-hydrogen) atoms. The van der Waals surface area contributed by atoms with Gasteiger partial charge in [-0.25, -0.2) is 0 Å². The fourth-order valence-corrected chi connectivity index (χ4v) is 3.89. The lowest BCUT2D eigenvalue weighted by Gasteiger charge is -2.22. The van der Waals surface area contributed by atoms with Crippen molar-refractivity contribution in [2.45, 2.75) is 39.7 Å². The van der Waals surface area contributed by atoms with Gasteiger partial charge in [-0.1, -0.05) is 12.1 Å². The summed E-state index contributed by atoms with van der Waals surface area (Å²) in [4.78, 5) is 26.7. The Balaban J connectivity index is 1.95. The van der Waals surface area contributed by atoms with Crippen LogP contribution in [-0.4, -0.2) is 23.6 Å². The Morgan fingerprint density at radius 3 is 2.57 bits per heavy atom. The number of halogens is 1. The van der Waals surface area contributed by atoms with Crippen LogP contribution in [0.5, 0.6) is 5.75 Å². The van der Waals surface area contributed by atoms with Gasteiger partial charge in [-0.15, -0.1) is 11.6 Å². The van der Waals surface area contributed by atoms with Gasteiger partial charge in [-0.05, 0) is 51.0 Å². The number of hydrogen-bond donors (Lipinski definition) is 0. The number of aryl methyl sites for hydroxylation is 2. The zero-order valence-corrected chi connectivity index (χ0v) is 16.9. The predicted octanol–water partition coefficient (Wildman–Crippen LogP) is 5.48. The number of alkyl halides is 1. The summed E-state index contributed by atoms with van der Waals surface area (Å²) in [5.74, 6) is 1.32. The zero-order chi connectivity index (χ0) is 20.0. The van der Waals surface area contributed by atoms with Gasteiger partial charge in [0.15, 0.2) is 5.78 Å². The van der Waals surface area contributed by atoms with Crippen LogP contribution in [0.1, 0.15) is 63.4 Å². The number of benzene rings is 2. The van der Waals surface area contributed by atoms with E-state index in [9.17, 15) is 9.59 Å². The minimum atomic E-state index is -0.232. The zero-order valence-electron chi connectivity index (χ0n) is 16.1. The van der Waals surface area contributed by atoms with Crippen molar-refractivity contribution in [3.8, 4) is 5.75 Å². The molecule has 0 spiro atoms. The molecule has 0 bridgehead atoms. The van der Waals surface area contributed by atoms with Crippen LogP contribution in [0, 0.1) is 6.92 Å². The summed E-state index contributed by atoms with van der Waals surface area (Å²) in [5.41, 5.74) is 2.80. The van der Waals surface area contributed by atoms with Gasteiger partial charge < -0.3 is 9.15 Å². The topological polar surface area (TPSA) is 56.5 Å². The third kappa shape index (κ3) is 2.92. The molecule has 144 valence electrons. The van der Waals surface area contributed by atoms with E-state index >= 15 is 0 Å². The fraction of sp³-hybridized carbons (Fsp3) is 0.304. The molecule has 3 aromatic rings. The first kappa shape index (κ1) is 18.8. The molecule has 0 fully saturated rings. The highest BCUT2D eigenvalue weighted by Gasteiger charge is 2.35. The highest BCUT2D eigenvalue weighted by atomic mass is 35.5. The molecule has 2 aromatic carbocycles. The number of hydrogen-bond acceptors (Lipinski definition) is 4. The van der Waals surface area contributed by atoms with E-state index in [1.807, 2.05) is 26.8 Å². The largest absolute Gasteiger partial charge is 0.490 e. The van der Waals surface area contributed by atoms with Crippen molar-refractivity contribution >= 4 is 34.1 Å². The van der Waals surface area contributed by atoms with Gasteiger partial charge in [-0.3, -0.25) is 9.59 Å². The van der Waals surface area contributed by atoms with Crippen LogP contribution in [0.25, 0.3) is 11.0 Å². The summed E-state index contributed by atoms with van der Waals surface area (Å²) >= 11 is 5.80. The van der Waals surface area contributed by atoms with Gasteiger partial charge in [0.1, 0.15) is 17.1 Å². The first-order chi connectivity index (χ1) is 13.4. The molecule has 0 saturated heterocycles. The van der Waals surface area contributed by atoms with Crippen LogP contribution in [-0.2, 0) is 6.42 Å². The second-order valence-corrected chi connectivity index (χ2v) is 7.75. The van der Waals surface area contributed by atoms with Crippen LogP contribution < -0.4 is 4.74 Å². The van der Waals surface area contributed by atoms with Crippen molar-refractivity contribution < 1.29 is 18.7 Å². The smallest absolute Gasteiger partial charge is 0.202 e. The van der Waals surface area contributed by atoms with Crippen molar-refractivity contribution in [2.75, 3.05) is 5.88 Å². The first-order valence-corrected chi connectivity index (χ1v) is 9.97. The van der Waals surface area contributed by atoms with Gasteiger partial charge in [-0.2, -0.15) is 0 Å². The Kier molecular flexibility index (Phi) is 4.76. The standard InChI is InChI=1S/C23H21ClO4/c1-12(2)27-18-8-4-7-15-19(18)22(26)20-17(21(15)25)10-13(3)16-11-14(6-5-9-24)28-23(16)20/h4,7-8,10-12H,5-6,9H2,1-3H3. The second-order valence-electron chi connectivity index (χ2n) is 7.37. The van der Waals surface area contributed by atoms with Crippen molar-refractivity contribution in [3.05, 3.63) is 63.9 Å². The van der Waals surface area contributed by atoms with Crippen LogP contribution in [0.2, 0.25) is 0 Å². The molecule has 0 atom stereocenters. The molecule has 1 aromatic heterocycles. The SMILES string of the molecule is Cc1cc2c(c3oc(CCCCl)cc13)C(=O)c1c(OC(C)C)cccc1C2=O. The number of ether oxygens (including phenoxy) is 1. The highest BCUT2D eigenvalue weighted by Crippen LogP contribution is 2.39.